The number of para-hydroxylation sites is 1. The quantitative estimate of drug-likeness (QED) is 0.710. The first kappa shape index (κ1) is 8.93. The molecule has 2 rings (SSSR count). The molecule has 3 nitrogen and oxygen atoms in total. The number of thiazole rings is 1. The van der Waals surface area contributed by atoms with Crippen molar-refractivity contribution < 1.29 is 8.42 Å². The molecule has 0 atom stereocenters. The van der Waals surface area contributed by atoms with E-state index in [1.807, 2.05) is 0 Å². The Hall–Kier alpha value is -0.650. The lowest BCUT2D eigenvalue weighted by molar-refractivity contribution is 0.610. The lowest BCUT2D eigenvalue weighted by atomic mass is 10.3. The zero-order valence-corrected chi connectivity index (χ0v) is 8.66. The molecule has 6 heteroatoms. The summed E-state index contributed by atoms with van der Waals surface area (Å²) in [5, 5.41) is 0. The fraction of sp³-hybridized carbons (Fsp3) is 0. The molecule has 1 aromatic heterocycles. The van der Waals surface area contributed by atoms with E-state index in [2.05, 4.69) is 4.98 Å². The monoisotopic (exact) mass is 233 g/mol. The van der Waals surface area contributed by atoms with Gasteiger partial charge in [0.05, 0.1) is 10.2 Å². The van der Waals surface area contributed by atoms with Crippen LogP contribution >= 0.6 is 22.0 Å². The van der Waals surface area contributed by atoms with Gasteiger partial charge in [-0.15, -0.1) is 11.3 Å². The van der Waals surface area contributed by atoms with Crippen LogP contribution in [0.15, 0.2) is 28.6 Å². The molecule has 1 heterocycles. The minimum absolute atomic E-state index is 0.0768. The largest absolute Gasteiger partial charge is 0.263 e. The van der Waals surface area contributed by atoms with Crippen LogP contribution in [-0.2, 0) is 9.05 Å². The minimum atomic E-state index is -3.68. The number of hydrogen-bond acceptors (Lipinski definition) is 4. The van der Waals surface area contributed by atoms with Gasteiger partial charge >= 0.3 is 0 Å². The van der Waals surface area contributed by atoms with Crippen LogP contribution in [0.4, 0.5) is 0 Å². The van der Waals surface area contributed by atoms with Crippen molar-refractivity contribution in [2.24, 2.45) is 0 Å². The van der Waals surface area contributed by atoms with Crippen molar-refractivity contribution in [3.05, 3.63) is 23.7 Å². The van der Waals surface area contributed by atoms with Gasteiger partial charge in [-0.2, -0.15) is 0 Å². The zero-order valence-electron chi connectivity index (χ0n) is 6.27. The van der Waals surface area contributed by atoms with Gasteiger partial charge in [0.25, 0.3) is 9.05 Å². The highest BCUT2D eigenvalue weighted by atomic mass is 35.7. The number of hydrogen-bond donors (Lipinski definition) is 0. The fourth-order valence-corrected chi connectivity index (χ4v) is 2.83. The van der Waals surface area contributed by atoms with Crippen molar-refractivity contribution in [2.75, 3.05) is 0 Å². The Morgan fingerprint density at radius 1 is 1.38 bits per heavy atom. The summed E-state index contributed by atoms with van der Waals surface area (Å²) in [5.74, 6) is 0. The van der Waals surface area contributed by atoms with E-state index < -0.39 is 9.05 Å². The zero-order chi connectivity index (χ0) is 9.47. The summed E-state index contributed by atoms with van der Waals surface area (Å²) in [7, 11) is 1.55. The van der Waals surface area contributed by atoms with Crippen molar-refractivity contribution in [3.8, 4) is 0 Å². The molecule has 0 amide bonds. The molecule has 0 radical (unpaired) electrons. The van der Waals surface area contributed by atoms with Gasteiger partial charge in [0.1, 0.15) is 10.4 Å². The Morgan fingerprint density at radius 3 is 2.85 bits per heavy atom. The summed E-state index contributed by atoms with van der Waals surface area (Å²) in [6.07, 6.45) is 0. The Bertz CT molecular complexity index is 546. The van der Waals surface area contributed by atoms with E-state index in [0.29, 0.717) is 5.52 Å². The maximum atomic E-state index is 11.1. The van der Waals surface area contributed by atoms with E-state index in [0.717, 1.165) is 4.70 Å². The number of fused-ring (bicyclic) bond motifs is 1. The lowest BCUT2D eigenvalue weighted by Gasteiger charge is -1.95. The van der Waals surface area contributed by atoms with Gasteiger partial charge in [0.2, 0.25) is 0 Å². The molecule has 2 aromatic rings. The van der Waals surface area contributed by atoms with Crippen LogP contribution in [-0.4, -0.2) is 13.4 Å². The molecule has 0 saturated carbocycles. The Kier molecular flexibility index (Phi) is 2.02. The van der Waals surface area contributed by atoms with E-state index in [4.69, 9.17) is 10.7 Å². The van der Waals surface area contributed by atoms with Gasteiger partial charge in [-0.05, 0) is 12.1 Å². The second-order valence-corrected chi connectivity index (χ2v) is 5.81. The SMILES string of the molecule is O=S(=O)(Cl)c1cccc2scnc12. The van der Waals surface area contributed by atoms with E-state index in [-0.39, 0.29) is 4.90 Å². The van der Waals surface area contributed by atoms with Gasteiger partial charge in [0, 0.05) is 10.7 Å². The first-order chi connectivity index (χ1) is 6.09. The first-order valence-corrected chi connectivity index (χ1v) is 6.55. The smallest absolute Gasteiger partial charge is 0.243 e. The molecule has 0 N–H and O–H groups in total. The molecule has 0 bridgehead atoms. The molecule has 0 aliphatic heterocycles. The van der Waals surface area contributed by atoms with Crippen LogP contribution in [0.3, 0.4) is 0 Å². The fourth-order valence-electron chi connectivity index (χ4n) is 1.06. The van der Waals surface area contributed by atoms with E-state index >= 15 is 0 Å². The second kappa shape index (κ2) is 2.94. The molecular formula is C7H4ClNO2S2. The van der Waals surface area contributed by atoms with Crippen molar-refractivity contribution in [2.45, 2.75) is 4.90 Å². The average Bonchev–Trinajstić information content (AvgIpc) is 2.48. The molecule has 0 spiro atoms. The standard InChI is InChI=1S/C7H4ClNO2S2/c8-13(10,11)6-3-1-2-5-7(6)9-4-12-5/h1-4H. The van der Waals surface area contributed by atoms with Crippen molar-refractivity contribution in [1.29, 1.82) is 0 Å². The Morgan fingerprint density at radius 2 is 2.15 bits per heavy atom. The van der Waals surface area contributed by atoms with Gasteiger partial charge in [-0.25, -0.2) is 13.4 Å². The van der Waals surface area contributed by atoms with Crippen LogP contribution in [0.2, 0.25) is 0 Å². The van der Waals surface area contributed by atoms with Crippen molar-refractivity contribution >= 4 is 41.3 Å². The van der Waals surface area contributed by atoms with Gasteiger partial charge in [-0.1, -0.05) is 6.07 Å². The molecular weight excluding hydrogens is 230 g/mol. The second-order valence-electron chi connectivity index (χ2n) is 2.39. The third-order valence-electron chi connectivity index (χ3n) is 1.59. The van der Waals surface area contributed by atoms with Crippen LogP contribution < -0.4 is 0 Å². The predicted octanol–water partition coefficient (Wildman–Crippen LogP) is 2.22. The molecule has 0 aliphatic carbocycles. The number of benzene rings is 1. The summed E-state index contributed by atoms with van der Waals surface area (Å²) >= 11 is 1.38. The summed E-state index contributed by atoms with van der Waals surface area (Å²) in [6, 6.07) is 4.90. The van der Waals surface area contributed by atoms with Crippen molar-refractivity contribution in [3.63, 3.8) is 0 Å². The van der Waals surface area contributed by atoms with E-state index in [1.54, 1.807) is 17.6 Å². The topological polar surface area (TPSA) is 47.0 Å². The van der Waals surface area contributed by atoms with Crippen LogP contribution in [0.1, 0.15) is 0 Å². The van der Waals surface area contributed by atoms with Crippen LogP contribution in [0.5, 0.6) is 0 Å². The highest BCUT2D eigenvalue weighted by Gasteiger charge is 2.15. The van der Waals surface area contributed by atoms with E-state index in [1.165, 1.54) is 17.4 Å². The normalized spacial score (nSPS) is 12.1. The molecule has 68 valence electrons. The highest BCUT2D eigenvalue weighted by molar-refractivity contribution is 8.14. The lowest BCUT2D eigenvalue weighted by Crippen LogP contribution is -1.91. The minimum Gasteiger partial charge on any atom is -0.243 e. The summed E-state index contributed by atoms with van der Waals surface area (Å²) in [5.41, 5.74) is 2.04. The molecule has 0 unspecified atom stereocenters. The third kappa shape index (κ3) is 1.54. The maximum Gasteiger partial charge on any atom is 0.263 e. The number of aromatic nitrogens is 1. The molecule has 0 saturated heterocycles. The molecule has 0 fully saturated rings. The van der Waals surface area contributed by atoms with Gasteiger partial charge in [-0.3, -0.25) is 0 Å². The Balaban J connectivity index is 2.91. The van der Waals surface area contributed by atoms with Gasteiger partial charge in [0.15, 0.2) is 0 Å². The molecule has 0 aliphatic rings. The highest BCUT2D eigenvalue weighted by Crippen LogP contribution is 2.26. The van der Waals surface area contributed by atoms with Crippen LogP contribution in [0.25, 0.3) is 10.2 Å². The first-order valence-electron chi connectivity index (χ1n) is 3.36. The summed E-state index contributed by atoms with van der Waals surface area (Å²) < 4.78 is 23.0. The van der Waals surface area contributed by atoms with Crippen LogP contribution in [0, 0.1) is 0 Å². The summed E-state index contributed by atoms with van der Waals surface area (Å²) in [4.78, 5) is 4.02. The Labute approximate surface area is 83.4 Å². The number of rotatable bonds is 1. The molecule has 13 heavy (non-hydrogen) atoms. The third-order valence-corrected chi connectivity index (χ3v) is 3.73. The number of nitrogens with zero attached hydrogens (tertiary/aromatic N) is 1. The number of halogens is 1. The van der Waals surface area contributed by atoms with Crippen molar-refractivity contribution in [1.82, 2.24) is 4.98 Å². The maximum absolute atomic E-state index is 11.1. The van der Waals surface area contributed by atoms with Gasteiger partial charge < -0.3 is 0 Å². The molecule has 1 aromatic carbocycles. The predicted molar refractivity (Wildman–Crippen MR) is 52.7 cm³/mol. The van der Waals surface area contributed by atoms with E-state index in [9.17, 15) is 8.42 Å². The average molecular weight is 234 g/mol. The summed E-state index contributed by atoms with van der Waals surface area (Å²) in [6.45, 7) is 0.